The number of hydrogen-bond acceptors (Lipinski definition) is 1. The van der Waals surface area contributed by atoms with Crippen molar-refractivity contribution in [1.82, 2.24) is 0 Å². The van der Waals surface area contributed by atoms with Gasteiger partial charge in [0.2, 0.25) is 0 Å². The van der Waals surface area contributed by atoms with Crippen molar-refractivity contribution in [1.29, 1.82) is 0 Å². The van der Waals surface area contributed by atoms with Gasteiger partial charge in [-0.2, -0.15) is 0 Å². The largest absolute Gasteiger partial charge is 0.481 e. The fourth-order valence-corrected chi connectivity index (χ4v) is 5.67. The molecule has 2 heteroatoms. The Hall–Kier alpha value is -0.530. The number of carbonyl (C=O) groups is 1. The van der Waals surface area contributed by atoms with Gasteiger partial charge in [-0.05, 0) is 73.5 Å². The zero-order valence-electron chi connectivity index (χ0n) is 9.64. The minimum absolute atomic E-state index is 0.425. The van der Waals surface area contributed by atoms with Crippen LogP contribution in [0.4, 0.5) is 0 Å². The maximum Gasteiger partial charge on any atom is 0.303 e. The Kier molecular flexibility index (Phi) is 1.79. The molecule has 0 aliphatic heterocycles. The normalized spacial score (nSPS) is 56.9. The van der Waals surface area contributed by atoms with Gasteiger partial charge in [0.25, 0.3) is 0 Å². The zero-order valence-corrected chi connectivity index (χ0v) is 9.64. The second-order valence-corrected chi connectivity index (χ2v) is 6.66. The number of carboxylic acid groups (broad SMARTS) is 1. The molecule has 4 rings (SSSR count). The average Bonchev–Trinajstić information content (AvgIpc) is 2.20. The molecular weight excluding hydrogens is 200 g/mol. The standard InChI is InChI=1S/C14H20O2/c15-12(16)6-7-1-2-10-11(5-7)14-9-4-3-8(9)13(10)14/h7-11,13-14H,1-6H2,(H,15,16). The molecular formula is C14H20O2. The molecule has 7 unspecified atom stereocenters. The maximum absolute atomic E-state index is 10.8. The summed E-state index contributed by atoms with van der Waals surface area (Å²) < 4.78 is 0. The summed E-state index contributed by atoms with van der Waals surface area (Å²) >= 11 is 0. The van der Waals surface area contributed by atoms with Gasteiger partial charge in [-0.1, -0.05) is 0 Å². The molecule has 7 atom stereocenters. The number of hydrogen-bond donors (Lipinski definition) is 1. The fraction of sp³-hybridized carbons (Fsp3) is 0.929. The molecule has 0 spiro atoms. The Balaban J connectivity index is 1.43. The first kappa shape index (κ1) is 9.49. The molecule has 1 N–H and O–H groups in total. The second-order valence-electron chi connectivity index (χ2n) is 6.66. The molecule has 88 valence electrons. The van der Waals surface area contributed by atoms with Crippen LogP contribution in [-0.4, -0.2) is 11.1 Å². The molecule has 0 radical (unpaired) electrons. The van der Waals surface area contributed by atoms with Crippen LogP contribution in [0.1, 0.15) is 38.5 Å². The van der Waals surface area contributed by atoms with E-state index in [1.807, 2.05) is 0 Å². The van der Waals surface area contributed by atoms with E-state index < -0.39 is 5.97 Å². The van der Waals surface area contributed by atoms with Gasteiger partial charge in [-0.15, -0.1) is 0 Å². The SMILES string of the molecule is O=C(O)CC1CCC2C(C1)C1C3CCC3C21. The Morgan fingerprint density at radius 2 is 1.50 bits per heavy atom. The summed E-state index contributed by atoms with van der Waals surface area (Å²) in [4.78, 5) is 10.8. The van der Waals surface area contributed by atoms with E-state index in [0.717, 1.165) is 35.5 Å². The van der Waals surface area contributed by atoms with Crippen LogP contribution in [0.15, 0.2) is 0 Å². The molecule has 0 aromatic rings. The first-order valence-electron chi connectivity index (χ1n) is 6.97. The molecule has 2 nitrogen and oxygen atoms in total. The van der Waals surface area contributed by atoms with Crippen LogP contribution in [0.2, 0.25) is 0 Å². The van der Waals surface area contributed by atoms with Crippen molar-refractivity contribution in [3.8, 4) is 0 Å². The third-order valence-electron chi connectivity index (χ3n) is 6.33. The van der Waals surface area contributed by atoms with Gasteiger partial charge in [0.05, 0.1) is 0 Å². The van der Waals surface area contributed by atoms with Gasteiger partial charge in [0.15, 0.2) is 0 Å². The van der Waals surface area contributed by atoms with E-state index in [0.29, 0.717) is 12.3 Å². The third-order valence-corrected chi connectivity index (χ3v) is 6.33. The van der Waals surface area contributed by atoms with Crippen LogP contribution in [0.5, 0.6) is 0 Å². The van der Waals surface area contributed by atoms with Crippen molar-refractivity contribution in [2.75, 3.05) is 0 Å². The van der Waals surface area contributed by atoms with Crippen LogP contribution < -0.4 is 0 Å². The zero-order chi connectivity index (χ0) is 10.9. The molecule has 0 aromatic heterocycles. The van der Waals surface area contributed by atoms with Crippen LogP contribution >= 0.6 is 0 Å². The van der Waals surface area contributed by atoms with Gasteiger partial charge >= 0.3 is 5.97 Å². The highest BCUT2D eigenvalue weighted by atomic mass is 16.4. The van der Waals surface area contributed by atoms with Gasteiger partial charge < -0.3 is 5.11 Å². The molecule has 4 aliphatic rings. The number of fused-ring (bicyclic) bond motifs is 7. The first-order chi connectivity index (χ1) is 7.75. The smallest absolute Gasteiger partial charge is 0.303 e. The van der Waals surface area contributed by atoms with Crippen LogP contribution in [0, 0.1) is 41.4 Å². The summed E-state index contributed by atoms with van der Waals surface area (Å²) in [7, 11) is 0. The van der Waals surface area contributed by atoms with Crippen molar-refractivity contribution < 1.29 is 9.90 Å². The Morgan fingerprint density at radius 1 is 0.938 bits per heavy atom. The number of aliphatic carboxylic acids is 1. The van der Waals surface area contributed by atoms with E-state index in [-0.39, 0.29) is 0 Å². The van der Waals surface area contributed by atoms with Gasteiger partial charge in [0.1, 0.15) is 0 Å². The molecule has 4 saturated carbocycles. The van der Waals surface area contributed by atoms with E-state index in [1.165, 1.54) is 32.1 Å². The summed E-state index contributed by atoms with van der Waals surface area (Å²) in [6, 6.07) is 0. The Labute approximate surface area is 96.4 Å². The first-order valence-corrected chi connectivity index (χ1v) is 6.97. The lowest BCUT2D eigenvalue weighted by Crippen LogP contribution is -2.69. The lowest BCUT2D eigenvalue weighted by molar-refractivity contribution is -0.264. The maximum atomic E-state index is 10.8. The molecule has 0 aromatic carbocycles. The summed E-state index contributed by atoms with van der Waals surface area (Å²) in [5, 5.41) is 8.87. The Bertz CT molecular complexity index is 332. The third kappa shape index (κ3) is 1.01. The van der Waals surface area contributed by atoms with E-state index in [9.17, 15) is 4.79 Å². The number of carboxylic acids is 1. The summed E-state index contributed by atoms with van der Waals surface area (Å²) in [6.45, 7) is 0. The molecule has 4 aliphatic carbocycles. The molecule has 0 saturated heterocycles. The van der Waals surface area contributed by atoms with Crippen LogP contribution in [0.25, 0.3) is 0 Å². The molecule has 0 bridgehead atoms. The highest BCUT2D eigenvalue weighted by Gasteiger charge is 2.68. The molecule has 0 amide bonds. The minimum atomic E-state index is -0.588. The van der Waals surface area contributed by atoms with E-state index in [1.54, 1.807) is 0 Å². The topological polar surface area (TPSA) is 37.3 Å². The highest BCUT2D eigenvalue weighted by Crippen LogP contribution is 2.74. The fourth-order valence-electron chi connectivity index (χ4n) is 5.67. The minimum Gasteiger partial charge on any atom is -0.481 e. The van der Waals surface area contributed by atoms with E-state index in [4.69, 9.17) is 5.11 Å². The van der Waals surface area contributed by atoms with E-state index in [2.05, 4.69) is 0 Å². The molecule has 4 fully saturated rings. The van der Waals surface area contributed by atoms with Crippen LogP contribution in [0.3, 0.4) is 0 Å². The van der Waals surface area contributed by atoms with E-state index >= 15 is 0 Å². The van der Waals surface area contributed by atoms with Crippen molar-refractivity contribution in [2.24, 2.45) is 41.4 Å². The van der Waals surface area contributed by atoms with Crippen molar-refractivity contribution in [3.05, 3.63) is 0 Å². The number of rotatable bonds is 2. The highest BCUT2D eigenvalue weighted by molar-refractivity contribution is 5.67. The second kappa shape index (κ2) is 3.02. The van der Waals surface area contributed by atoms with Gasteiger partial charge in [0, 0.05) is 6.42 Å². The predicted molar refractivity (Wildman–Crippen MR) is 59.8 cm³/mol. The summed E-state index contributed by atoms with van der Waals surface area (Å²) in [5.74, 6) is 6.18. The van der Waals surface area contributed by atoms with Crippen molar-refractivity contribution >= 4 is 5.97 Å². The lowest BCUT2D eigenvalue weighted by atomic mass is 9.30. The molecule has 16 heavy (non-hydrogen) atoms. The van der Waals surface area contributed by atoms with Crippen molar-refractivity contribution in [3.63, 3.8) is 0 Å². The molecule has 0 heterocycles. The monoisotopic (exact) mass is 220 g/mol. The summed E-state index contributed by atoms with van der Waals surface area (Å²) in [5.41, 5.74) is 0. The van der Waals surface area contributed by atoms with Gasteiger partial charge in [-0.3, -0.25) is 4.79 Å². The quantitative estimate of drug-likeness (QED) is 0.777. The predicted octanol–water partition coefficient (Wildman–Crippen LogP) is 2.78. The van der Waals surface area contributed by atoms with Crippen molar-refractivity contribution in [2.45, 2.75) is 38.5 Å². The average molecular weight is 220 g/mol. The van der Waals surface area contributed by atoms with Gasteiger partial charge in [-0.25, -0.2) is 0 Å². The summed E-state index contributed by atoms with van der Waals surface area (Å²) in [6.07, 6.45) is 7.18. The van der Waals surface area contributed by atoms with Crippen LogP contribution in [-0.2, 0) is 4.79 Å². The Morgan fingerprint density at radius 3 is 2.12 bits per heavy atom. The lowest BCUT2D eigenvalue weighted by Gasteiger charge is -2.74.